The molecular weight excluding hydrogens is 307 g/mol. The molecule has 0 amide bonds. The normalized spacial score (nSPS) is 22.9. The number of hydrogen-bond acceptors (Lipinski definition) is 5. The zero-order valence-corrected chi connectivity index (χ0v) is 11.4. The highest BCUT2D eigenvalue weighted by Gasteiger charge is 2.53. The number of rotatable bonds is 2. The number of carbonyl (C=O) groups is 1. The molecule has 1 aliphatic heterocycles. The van der Waals surface area contributed by atoms with Gasteiger partial charge in [-0.25, -0.2) is 9.97 Å². The lowest BCUT2D eigenvalue weighted by Gasteiger charge is -2.19. The lowest BCUT2D eigenvalue weighted by molar-refractivity contribution is -0.187. The van der Waals surface area contributed by atoms with E-state index in [0.29, 0.717) is 16.0 Å². The van der Waals surface area contributed by atoms with Gasteiger partial charge in [-0.1, -0.05) is 0 Å². The average molecular weight is 317 g/mol. The molecule has 0 unspecified atom stereocenters. The number of halogens is 3. The first-order valence-electron chi connectivity index (χ1n) is 6.10. The highest BCUT2D eigenvalue weighted by Crippen LogP contribution is 2.40. The maximum Gasteiger partial charge on any atom is 0.394 e. The van der Waals surface area contributed by atoms with Crippen LogP contribution in [0.5, 0.6) is 0 Å². The molecule has 1 aliphatic rings. The molecule has 1 N–H and O–H groups in total. The minimum Gasteiger partial charge on any atom is -0.481 e. The van der Waals surface area contributed by atoms with Crippen LogP contribution in [0.4, 0.5) is 19.0 Å². The van der Waals surface area contributed by atoms with E-state index < -0.39 is 30.5 Å². The number of thiophene rings is 1. The van der Waals surface area contributed by atoms with E-state index in [9.17, 15) is 18.0 Å². The summed E-state index contributed by atoms with van der Waals surface area (Å²) in [5.41, 5.74) is 0. The summed E-state index contributed by atoms with van der Waals surface area (Å²) in [4.78, 5) is 21.2. The zero-order chi connectivity index (χ0) is 15.2. The summed E-state index contributed by atoms with van der Waals surface area (Å²) >= 11 is 1.36. The number of carboxylic acid groups (broad SMARTS) is 1. The SMILES string of the molecule is O=C(O)[C@@H]1CN(c2ncnc3sccc23)C[C@H]1C(F)(F)F. The fourth-order valence-electron chi connectivity index (χ4n) is 2.59. The van der Waals surface area contributed by atoms with E-state index in [2.05, 4.69) is 9.97 Å². The molecule has 5 nitrogen and oxygen atoms in total. The molecule has 1 fully saturated rings. The Labute approximate surface area is 121 Å². The molecule has 2 aromatic rings. The number of aromatic nitrogens is 2. The Bertz CT molecular complexity index is 688. The van der Waals surface area contributed by atoms with E-state index in [1.54, 1.807) is 11.4 Å². The number of anilines is 1. The van der Waals surface area contributed by atoms with E-state index in [0.717, 1.165) is 0 Å². The molecule has 0 spiro atoms. The predicted molar refractivity (Wildman–Crippen MR) is 70.3 cm³/mol. The van der Waals surface area contributed by atoms with Crippen molar-refractivity contribution < 1.29 is 23.1 Å². The largest absolute Gasteiger partial charge is 0.481 e. The fraction of sp³-hybridized carbons (Fsp3) is 0.417. The molecule has 0 aliphatic carbocycles. The minimum atomic E-state index is -4.54. The molecule has 3 rings (SSSR count). The van der Waals surface area contributed by atoms with E-state index in [-0.39, 0.29) is 6.54 Å². The summed E-state index contributed by atoms with van der Waals surface area (Å²) in [6.07, 6.45) is -3.26. The maximum absolute atomic E-state index is 13.0. The van der Waals surface area contributed by atoms with E-state index in [1.165, 1.54) is 22.6 Å². The van der Waals surface area contributed by atoms with Gasteiger partial charge in [0.25, 0.3) is 0 Å². The van der Waals surface area contributed by atoms with Gasteiger partial charge in [0.05, 0.1) is 17.2 Å². The van der Waals surface area contributed by atoms with Crippen molar-refractivity contribution in [2.24, 2.45) is 11.8 Å². The minimum absolute atomic E-state index is 0.207. The van der Waals surface area contributed by atoms with Crippen LogP contribution in [0.2, 0.25) is 0 Å². The quantitative estimate of drug-likeness (QED) is 0.921. The van der Waals surface area contributed by atoms with Gasteiger partial charge in [0.15, 0.2) is 0 Å². The lowest BCUT2D eigenvalue weighted by Crippen LogP contribution is -2.33. The first-order chi connectivity index (χ1) is 9.88. The fourth-order valence-corrected chi connectivity index (χ4v) is 3.31. The molecule has 2 aromatic heterocycles. The molecule has 0 bridgehead atoms. The molecular formula is C12H10F3N3O2S. The zero-order valence-electron chi connectivity index (χ0n) is 10.5. The van der Waals surface area contributed by atoms with Crippen molar-refractivity contribution in [3.8, 4) is 0 Å². The third-order valence-electron chi connectivity index (χ3n) is 3.60. The van der Waals surface area contributed by atoms with Gasteiger partial charge in [0.2, 0.25) is 0 Å². The van der Waals surface area contributed by atoms with Crippen LogP contribution in [-0.2, 0) is 4.79 Å². The molecule has 3 heterocycles. The van der Waals surface area contributed by atoms with Gasteiger partial charge < -0.3 is 10.0 Å². The number of fused-ring (bicyclic) bond motifs is 1. The number of nitrogens with zero attached hydrogens (tertiary/aromatic N) is 3. The number of alkyl halides is 3. The Morgan fingerprint density at radius 2 is 2.14 bits per heavy atom. The molecule has 0 saturated carbocycles. The van der Waals surface area contributed by atoms with Crippen LogP contribution in [0, 0.1) is 11.8 Å². The lowest BCUT2D eigenvalue weighted by atomic mass is 9.96. The van der Waals surface area contributed by atoms with Gasteiger partial charge in [-0.15, -0.1) is 11.3 Å². The summed E-state index contributed by atoms with van der Waals surface area (Å²) in [5.74, 6) is -4.44. The third kappa shape index (κ3) is 2.41. The van der Waals surface area contributed by atoms with Gasteiger partial charge in [-0.3, -0.25) is 4.79 Å². The summed E-state index contributed by atoms with van der Waals surface area (Å²) in [6, 6.07) is 1.73. The predicted octanol–water partition coefficient (Wildman–Crippen LogP) is 2.39. The van der Waals surface area contributed by atoms with Crippen LogP contribution >= 0.6 is 11.3 Å². The second-order valence-electron chi connectivity index (χ2n) is 4.83. The first kappa shape index (κ1) is 14.1. The molecule has 9 heteroatoms. The van der Waals surface area contributed by atoms with Crippen molar-refractivity contribution in [2.45, 2.75) is 6.18 Å². The van der Waals surface area contributed by atoms with Crippen molar-refractivity contribution in [2.75, 3.05) is 18.0 Å². The molecule has 1 saturated heterocycles. The molecule has 2 atom stereocenters. The van der Waals surface area contributed by atoms with Crippen molar-refractivity contribution in [1.82, 2.24) is 9.97 Å². The molecule has 0 radical (unpaired) electrons. The van der Waals surface area contributed by atoms with Gasteiger partial charge in [0.1, 0.15) is 17.0 Å². The van der Waals surface area contributed by atoms with Gasteiger partial charge in [0, 0.05) is 13.1 Å². The van der Waals surface area contributed by atoms with Crippen LogP contribution < -0.4 is 4.90 Å². The topological polar surface area (TPSA) is 66.3 Å². The number of aliphatic carboxylic acids is 1. The summed E-state index contributed by atoms with van der Waals surface area (Å²) < 4.78 is 39.0. The average Bonchev–Trinajstić information content (AvgIpc) is 3.04. The molecule has 0 aromatic carbocycles. The van der Waals surface area contributed by atoms with Crippen LogP contribution in [-0.4, -0.2) is 40.3 Å². The van der Waals surface area contributed by atoms with E-state index in [1.807, 2.05) is 0 Å². The van der Waals surface area contributed by atoms with Crippen LogP contribution in [0.25, 0.3) is 10.2 Å². The molecule has 112 valence electrons. The Balaban J connectivity index is 1.98. The van der Waals surface area contributed by atoms with Crippen molar-refractivity contribution in [3.05, 3.63) is 17.8 Å². The maximum atomic E-state index is 13.0. The Morgan fingerprint density at radius 3 is 2.76 bits per heavy atom. The van der Waals surface area contributed by atoms with Crippen LogP contribution in [0.15, 0.2) is 17.8 Å². The van der Waals surface area contributed by atoms with Crippen LogP contribution in [0.1, 0.15) is 0 Å². The smallest absolute Gasteiger partial charge is 0.394 e. The number of hydrogen-bond donors (Lipinski definition) is 1. The second-order valence-corrected chi connectivity index (χ2v) is 5.73. The molecule has 21 heavy (non-hydrogen) atoms. The van der Waals surface area contributed by atoms with Crippen LogP contribution in [0.3, 0.4) is 0 Å². The van der Waals surface area contributed by atoms with Gasteiger partial charge in [-0.05, 0) is 11.4 Å². The van der Waals surface area contributed by atoms with Crippen molar-refractivity contribution in [1.29, 1.82) is 0 Å². The Morgan fingerprint density at radius 1 is 1.38 bits per heavy atom. The van der Waals surface area contributed by atoms with Crippen molar-refractivity contribution >= 4 is 33.3 Å². The Kier molecular flexibility index (Phi) is 3.23. The Hall–Kier alpha value is -1.90. The number of carboxylic acids is 1. The van der Waals surface area contributed by atoms with E-state index >= 15 is 0 Å². The summed E-state index contributed by atoms with van der Waals surface area (Å²) in [7, 11) is 0. The van der Waals surface area contributed by atoms with Gasteiger partial charge >= 0.3 is 12.1 Å². The monoisotopic (exact) mass is 317 g/mol. The summed E-state index contributed by atoms with van der Waals surface area (Å²) in [6.45, 7) is -0.607. The summed E-state index contributed by atoms with van der Waals surface area (Å²) in [5, 5.41) is 11.4. The highest BCUT2D eigenvalue weighted by atomic mass is 32.1. The first-order valence-corrected chi connectivity index (χ1v) is 6.98. The highest BCUT2D eigenvalue weighted by molar-refractivity contribution is 7.16. The van der Waals surface area contributed by atoms with Crippen molar-refractivity contribution in [3.63, 3.8) is 0 Å². The van der Waals surface area contributed by atoms with Gasteiger partial charge in [-0.2, -0.15) is 13.2 Å². The second kappa shape index (κ2) is 4.83. The standard InChI is InChI=1S/C12H10F3N3O2S/c13-12(14,15)8-4-18(3-7(8)11(19)20)9-6-1-2-21-10(6)17-5-16-9/h1-2,5,7-8H,3-4H2,(H,19,20)/t7-,8-/m1/s1. The third-order valence-corrected chi connectivity index (χ3v) is 4.42. The van der Waals surface area contributed by atoms with E-state index in [4.69, 9.17) is 5.11 Å².